The van der Waals surface area contributed by atoms with E-state index in [-0.39, 0.29) is 22.3 Å². The lowest BCUT2D eigenvalue weighted by atomic mass is 9.76. The second-order valence-electron chi connectivity index (χ2n) is 12.2. The van der Waals surface area contributed by atoms with E-state index in [1.807, 2.05) is 19.1 Å². The Bertz CT molecular complexity index is 1470. The number of alkyl halides is 1. The van der Waals surface area contributed by atoms with Crippen LogP contribution in [0.2, 0.25) is 0 Å². The molecule has 3 aromatic carbocycles. The van der Waals surface area contributed by atoms with E-state index in [1.54, 1.807) is 42.5 Å². The number of benzene rings is 3. The number of rotatable bonds is 14. The third-order valence-corrected chi connectivity index (χ3v) is 9.52. The third kappa shape index (κ3) is 7.96. The van der Waals surface area contributed by atoms with Gasteiger partial charge in [0.05, 0.1) is 0 Å². The molecule has 0 aliphatic rings. The van der Waals surface area contributed by atoms with E-state index in [9.17, 15) is 14.4 Å². The number of ether oxygens (including phenoxy) is 2. The molecule has 0 fully saturated rings. The first-order chi connectivity index (χ1) is 20.7. The summed E-state index contributed by atoms with van der Waals surface area (Å²) in [6, 6.07) is 21.5. The SMILES string of the molecule is CCC(Oc1ccc(C(C)(C)CC)cc1C(C)(C)CC)C(=O)Nc1cccc(C(=O)C(Br)(OC)C(=O)Nc2ccccc2)c1. The van der Waals surface area contributed by atoms with Crippen LogP contribution in [0.5, 0.6) is 5.75 Å². The minimum absolute atomic E-state index is 0.0127. The highest BCUT2D eigenvalue weighted by atomic mass is 79.9. The van der Waals surface area contributed by atoms with Gasteiger partial charge in [0.2, 0.25) is 5.78 Å². The van der Waals surface area contributed by atoms with Crippen LogP contribution in [0.25, 0.3) is 0 Å². The van der Waals surface area contributed by atoms with Crippen LogP contribution in [0.4, 0.5) is 11.4 Å². The van der Waals surface area contributed by atoms with Gasteiger partial charge in [-0.1, -0.05) is 90.9 Å². The standard InChI is InChI=1S/C36H45BrN2O5/c1-9-29(44-30-21-20-25(34(4,5)10-2)23-28(30)35(6,7)11-3)32(41)38-27-19-15-16-24(22-27)31(40)36(37,43-8)33(42)39-26-17-13-12-14-18-26/h12-23,29H,9-11H2,1-8H3,(H,38,41)(H,39,42). The highest BCUT2D eigenvalue weighted by molar-refractivity contribution is 9.10. The van der Waals surface area contributed by atoms with E-state index in [2.05, 4.69) is 80.2 Å². The number of hydrogen-bond donors (Lipinski definition) is 2. The Morgan fingerprint density at radius 2 is 1.43 bits per heavy atom. The van der Waals surface area contributed by atoms with Crippen molar-refractivity contribution in [3.63, 3.8) is 0 Å². The topological polar surface area (TPSA) is 93.7 Å². The summed E-state index contributed by atoms with van der Waals surface area (Å²) < 4.78 is 9.79. The van der Waals surface area contributed by atoms with Gasteiger partial charge in [0.25, 0.3) is 16.3 Å². The number of para-hydroxylation sites is 1. The molecule has 2 atom stereocenters. The summed E-state index contributed by atoms with van der Waals surface area (Å²) in [5, 5.41) is 5.58. The minimum atomic E-state index is -1.97. The number of amides is 2. The Kier molecular flexibility index (Phi) is 11.6. The average Bonchev–Trinajstić information content (AvgIpc) is 3.03. The first kappa shape index (κ1) is 35.0. The molecule has 0 heterocycles. The van der Waals surface area contributed by atoms with E-state index in [1.165, 1.54) is 18.7 Å². The van der Waals surface area contributed by atoms with Crippen LogP contribution in [0.1, 0.15) is 89.2 Å². The summed E-state index contributed by atoms with van der Waals surface area (Å²) in [6.07, 6.45) is 1.57. The number of nitrogens with one attached hydrogen (secondary N) is 2. The van der Waals surface area contributed by atoms with Crippen molar-refractivity contribution in [2.75, 3.05) is 17.7 Å². The van der Waals surface area contributed by atoms with Crippen LogP contribution >= 0.6 is 15.9 Å². The molecule has 2 N–H and O–H groups in total. The Morgan fingerprint density at radius 1 is 0.795 bits per heavy atom. The molecule has 3 aromatic rings. The van der Waals surface area contributed by atoms with Crippen LogP contribution in [-0.2, 0) is 25.2 Å². The molecule has 0 aliphatic heterocycles. The number of Topliss-reactive ketones (excluding diaryl/α,β-unsaturated/α-hetero) is 1. The molecule has 0 spiro atoms. The zero-order valence-corrected chi connectivity index (χ0v) is 28.6. The lowest BCUT2D eigenvalue weighted by Crippen LogP contribution is -2.46. The van der Waals surface area contributed by atoms with Crippen molar-refractivity contribution >= 4 is 44.9 Å². The van der Waals surface area contributed by atoms with Gasteiger partial charge in [-0.05, 0) is 81.9 Å². The van der Waals surface area contributed by atoms with Crippen LogP contribution < -0.4 is 15.4 Å². The maximum atomic E-state index is 13.5. The van der Waals surface area contributed by atoms with Crippen LogP contribution in [0.15, 0.2) is 72.8 Å². The van der Waals surface area contributed by atoms with Gasteiger partial charge < -0.3 is 20.1 Å². The number of hydrogen-bond acceptors (Lipinski definition) is 5. The van der Waals surface area contributed by atoms with Gasteiger partial charge in [0, 0.05) is 29.6 Å². The van der Waals surface area contributed by atoms with Crippen molar-refractivity contribution in [2.24, 2.45) is 0 Å². The largest absolute Gasteiger partial charge is 0.480 e. The third-order valence-electron chi connectivity index (χ3n) is 8.48. The summed E-state index contributed by atoms with van der Waals surface area (Å²) in [7, 11) is 1.27. The zero-order chi connectivity index (χ0) is 32.7. The summed E-state index contributed by atoms with van der Waals surface area (Å²) in [4.78, 5) is 40.1. The van der Waals surface area contributed by atoms with Crippen LogP contribution in [0, 0.1) is 0 Å². The molecule has 0 aromatic heterocycles. The summed E-state index contributed by atoms with van der Waals surface area (Å²) >= 11 is 3.22. The van der Waals surface area contributed by atoms with E-state index < -0.39 is 22.3 Å². The zero-order valence-electron chi connectivity index (χ0n) is 27.0. The van der Waals surface area contributed by atoms with Crippen molar-refractivity contribution in [1.82, 2.24) is 0 Å². The number of halogens is 1. The van der Waals surface area contributed by atoms with Crippen molar-refractivity contribution in [3.8, 4) is 5.75 Å². The average molecular weight is 666 g/mol. The molecule has 0 saturated carbocycles. The van der Waals surface area contributed by atoms with Crippen molar-refractivity contribution in [3.05, 3.63) is 89.5 Å². The van der Waals surface area contributed by atoms with E-state index in [0.717, 1.165) is 18.4 Å². The summed E-state index contributed by atoms with van der Waals surface area (Å²) in [5.41, 5.74) is 3.26. The smallest absolute Gasteiger partial charge is 0.276 e. The Labute approximate surface area is 270 Å². The maximum absolute atomic E-state index is 13.5. The molecule has 3 rings (SSSR count). The van der Waals surface area contributed by atoms with Gasteiger partial charge in [-0.3, -0.25) is 14.4 Å². The predicted molar refractivity (Wildman–Crippen MR) is 181 cm³/mol. The van der Waals surface area contributed by atoms with Gasteiger partial charge in [-0.25, -0.2) is 0 Å². The van der Waals surface area contributed by atoms with Crippen molar-refractivity contribution in [2.45, 2.75) is 89.2 Å². The lowest BCUT2D eigenvalue weighted by Gasteiger charge is -2.31. The maximum Gasteiger partial charge on any atom is 0.276 e. The number of carbonyl (C=O) groups excluding carboxylic acids is 3. The molecule has 236 valence electrons. The molecule has 0 aliphatic carbocycles. The Morgan fingerprint density at radius 3 is 2.02 bits per heavy atom. The molecule has 0 saturated heterocycles. The Hall–Kier alpha value is -3.49. The summed E-state index contributed by atoms with van der Waals surface area (Å²) in [5.74, 6) is -0.945. The number of methoxy groups -OCH3 is 1. The van der Waals surface area contributed by atoms with Crippen LogP contribution in [0.3, 0.4) is 0 Å². The molecule has 0 radical (unpaired) electrons. The molecule has 8 heteroatoms. The fourth-order valence-electron chi connectivity index (χ4n) is 4.62. The fourth-order valence-corrected chi connectivity index (χ4v) is 4.95. The molecule has 44 heavy (non-hydrogen) atoms. The normalized spacial score (nSPS) is 13.8. The molecule has 2 unspecified atom stereocenters. The molecule has 7 nitrogen and oxygen atoms in total. The van der Waals surface area contributed by atoms with Crippen molar-refractivity contribution in [1.29, 1.82) is 0 Å². The first-order valence-electron chi connectivity index (χ1n) is 15.1. The monoisotopic (exact) mass is 664 g/mol. The molecule has 2 amide bonds. The van der Waals surface area contributed by atoms with Crippen molar-refractivity contribution < 1.29 is 23.9 Å². The molecular formula is C36H45BrN2O5. The van der Waals surface area contributed by atoms with E-state index in [4.69, 9.17) is 9.47 Å². The minimum Gasteiger partial charge on any atom is -0.480 e. The van der Waals surface area contributed by atoms with E-state index >= 15 is 0 Å². The fraction of sp³-hybridized carbons (Fsp3) is 0.417. The number of anilines is 2. The van der Waals surface area contributed by atoms with Gasteiger partial charge in [0.15, 0.2) is 6.10 Å². The van der Waals surface area contributed by atoms with E-state index in [0.29, 0.717) is 23.5 Å². The highest BCUT2D eigenvalue weighted by Crippen LogP contribution is 2.39. The second kappa shape index (κ2) is 14.5. The van der Waals surface area contributed by atoms with Crippen LogP contribution in [-0.4, -0.2) is 35.3 Å². The Balaban J connectivity index is 1.83. The number of carbonyl (C=O) groups is 3. The van der Waals surface area contributed by atoms with Gasteiger partial charge in [0.1, 0.15) is 5.75 Å². The quantitative estimate of drug-likeness (QED) is 0.102. The molecular weight excluding hydrogens is 620 g/mol. The van der Waals surface area contributed by atoms with Gasteiger partial charge in [-0.15, -0.1) is 0 Å². The lowest BCUT2D eigenvalue weighted by molar-refractivity contribution is -0.125. The van der Waals surface area contributed by atoms with Gasteiger partial charge in [-0.2, -0.15) is 0 Å². The first-order valence-corrected chi connectivity index (χ1v) is 15.9. The van der Waals surface area contributed by atoms with Gasteiger partial charge >= 0.3 is 0 Å². The second-order valence-corrected chi connectivity index (χ2v) is 13.3. The molecule has 0 bridgehead atoms. The number of ketones is 1. The predicted octanol–water partition coefficient (Wildman–Crippen LogP) is 8.42. The summed E-state index contributed by atoms with van der Waals surface area (Å²) in [6.45, 7) is 15.1. The highest BCUT2D eigenvalue weighted by Gasteiger charge is 2.44.